The number of carbonyl (C=O) groups excluding carboxylic acids is 1. The van der Waals surface area contributed by atoms with Crippen LogP contribution in [0.5, 0.6) is 0 Å². The molecule has 0 saturated heterocycles. The average Bonchev–Trinajstić information content (AvgIpc) is 3.35. The summed E-state index contributed by atoms with van der Waals surface area (Å²) in [6, 6.07) is 11.3. The van der Waals surface area contributed by atoms with E-state index in [1.165, 1.54) is 0 Å². The van der Waals surface area contributed by atoms with Crippen molar-refractivity contribution in [1.29, 1.82) is 5.41 Å². The number of esters is 1. The van der Waals surface area contributed by atoms with Crippen LogP contribution in [0.3, 0.4) is 0 Å². The summed E-state index contributed by atoms with van der Waals surface area (Å²) in [5, 5.41) is 15.2. The van der Waals surface area contributed by atoms with Gasteiger partial charge in [-0.15, -0.1) is 0 Å². The van der Waals surface area contributed by atoms with Crippen molar-refractivity contribution in [2.75, 3.05) is 31.6 Å². The average molecular weight is 499 g/mol. The number of benzene rings is 1. The van der Waals surface area contributed by atoms with Crippen molar-refractivity contribution >= 4 is 40.7 Å². The fourth-order valence-corrected chi connectivity index (χ4v) is 3.63. The minimum Gasteiger partial charge on any atom is -0.464 e. The van der Waals surface area contributed by atoms with Crippen LogP contribution in [0.1, 0.15) is 58.2 Å². The van der Waals surface area contributed by atoms with Crippen LogP contribution in [0.2, 0.25) is 0 Å². The quantitative estimate of drug-likeness (QED) is 0.110. The summed E-state index contributed by atoms with van der Waals surface area (Å²) in [6.07, 6.45) is 4.29. The minimum atomic E-state index is -0.201. The Hall–Kier alpha value is -3.20. The first-order valence-corrected chi connectivity index (χ1v) is 12.6. The number of rotatable bonds is 12. The summed E-state index contributed by atoms with van der Waals surface area (Å²) in [4.78, 5) is 21.7. The van der Waals surface area contributed by atoms with E-state index < -0.39 is 0 Å². The number of ether oxygens (including phenoxy) is 1. The normalized spacial score (nSPS) is 11.3. The Morgan fingerprint density at radius 1 is 1.17 bits per heavy atom. The molecule has 2 rings (SSSR count). The summed E-state index contributed by atoms with van der Waals surface area (Å²) >= 11 is 5.31. The Kier molecular flexibility index (Phi) is 12.0. The molecule has 0 spiro atoms. The fourth-order valence-electron chi connectivity index (χ4n) is 3.41. The first-order chi connectivity index (χ1) is 16.8. The number of amidine groups is 2. The van der Waals surface area contributed by atoms with Crippen LogP contribution in [-0.4, -0.2) is 58.9 Å². The molecule has 2 aromatic rings. The van der Waals surface area contributed by atoms with E-state index in [1.807, 2.05) is 56.4 Å². The van der Waals surface area contributed by atoms with Crippen LogP contribution in [0.15, 0.2) is 47.6 Å². The number of H-pyrrole nitrogens is 1. The van der Waals surface area contributed by atoms with Crippen LogP contribution in [0.25, 0.3) is 0 Å². The number of anilines is 1. The van der Waals surface area contributed by atoms with E-state index in [0.717, 1.165) is 43.1 Å². The van der Waals surface area contributed by atoms with Gasteiger partial charge in [0, 0.05) is 37.0 Å². The lowest BCUT2D eigenvalue weighted by Gasteiger charge is -2.25. The molecule has 9 heteroatoms. The van der Waals surface area contributed by atoms with E-state index in [1.54, 1.807) is 0 Å². The number of hydrogen-bond acceptors (Lipinski definition) is 4. The Labute approximate surface area is 214 Å². The van der Waals surface area contributed by atoms with Crippen molar-refractivity contribution < 1.29 is 9.53 Å². The number of nitrogens with zero attached hydrogens (tertiary/aromatic N) is 2. The summed E-state index contributed by atoms with van der Waals surface area (Å²) < 4.78 is 5.17. The highest BCUT2D eigenvalue weighted by Gasteiger charge is 2.15. The Morgan fingerprint density at radius 2 is 1.86 bits per heavy atom. The molecular weight excluding hydrogens is 460 g/mol. The number of aromatic nitrogens is 1. The maximum absolute atomic E-state index is 11.6. The number of thiocarbonyl (C=S) groups is 1. The molecule has 1 aromatic heterocycles. The lowest BCUT2D eigenvalue weighted by Crippen LogP contribution is -2.34. The van der Waals surface area contributed by atoms with Gasteiger partial charge in [-0.25, -0.2) is 4.99 Å². The molecule has 1 heterocycles. The number of carbonyl (C=O) groups is 1. The maximum Gasteiger partial charge on any atom is 0.306 e. The third-order valence-corrected chi connectivity index (χ3v) is 5.23. The molecule has 0 bridgehead atoms. The van der Waals surface area contributed by atoms with Gasteiger partial charge in [-0.05, 0) is 67.4 Å². The topological polar surface area (TPSA) is 106 Å². The zero-order chi connectivity index (χ0) is 25.6. The molecule has 0 unspecified atom stereocenters. The summed E-state index contributed by atoms with van der Waals surface area (Å²) in [5.74, 6) is 1.06. The zero-order valence-electron chi connectivity index (χ0n) is 21.2. The Balaban J connectivity index is 1.96. The van der Waals surface area contributed by atoms with Gasteiger partial charge in [0.05, 0.1) is 12.2 Å². The second kappa shape index (κ2) is 14.9. The lowest BCUT2D eigenvalue weighted by atomic mass is 10.1. The second-order valence-electron chi connectivity index (χ2n) is 8.63. The number of aliphatic imine (C=N–C) groups is 1. The van der Waals surface area contributed by atoms with Crippen LogP contribution in [0, 0.1) is 11.3 Å². The Morgan fingerprint density at radius 3 is 2.43 bits per heavy atom. The lowest BCUT2D eigenvalue weighted by molar-refractivity contribution is -0.144. The van der Waals surface area contributed by atoms with E-state index in [-0.39, 0.29) is 24.3 Å². The van der Waals surface area contributed by atoms with E-state index in [2.05, 4.69) is 34.4 Å². The van der Waals surface area contributed by atoms with Crippen LogP contribution < -0.4 is 10.6 Å². The van der Waals surface area contributed by atoms with Gasteiger partial charge in [-0.1, -0.05) is 27.7 Å². The predicted molar refractivity (Wildman–Crippen MR) is 147 cm³/mol. The first-order valence-electron chi connectivity index (χ1n) is 12.2. The summed E-state index contributed by atoms with van der Waals surface area (Å²) in [5.41, 5.74) is 2.41. The van der Waals surface area contributed by atoms with Crippen molar-refractivity contribution in [2.45, 2.75) is 47.0 Å². The molecule has 0 radical (unpaired) electrons. The number of aromatic amines is 1. The molecule has 0 amide bonds. The highest BCUT2D eigenvalue weighted by Crippen LogP contribution is 2.13. The first kappa shape index (κ1) is 28.0. The van der Waals surface area contributed by atoms with Gasteiger partial charge in [0.2, 0.25) is 0 Å². The SMILES string of the molecule is CCCN(CCC)/C(=N/C(=N)c1ccc(NC(=S)NCCOC(=O)CC(C)C)cc1)c1ccc[nH]1. The zero-order valence-corrected chi connectivity index (χ0v) is 22.0. The molecule has 0 aliphatic rings. The van der Waals surface area contributed by atoms with Crippen molar-refractivity contribution in [3.05, 3.63) is 53.9 Å². The van der Waals surface area contributed by atoms with E-state index in [9.17, 15) is 4.79 Å². The molecule has 0 atom stereocenters. The molecule has 0 fully saturated rings. The summed E-state index contributed by atoms with van der Waals surface area (Å²) in [7, 11) is 0. The number of nitrogens with one attached hydrogen (secondary N) is 4. The minimum absolute atomic E-state index is 0.197. The molecule has 8 nitrogen and oxygen atoms in total. The third-order valence-electron chi connectivity index (χ3n) is 4.98. The van der Waals surface area contributed by atoms with E-state index >= 15 is 0 Å². The molecule has 0 saturated carbocycles. The van der Waals surface area contributed by atoms with Crippen LogP contribution in [-0.2, 0) is 9.53 Å². The van der Waals surface area contributed by atoms with Gasteiger partial charge in [0.25, 0.3) is 0 Å². The highest BCUT2D eigenvalue weighted by molar-refractivity contribution is 7.80. The van der Waals surface area contributed by atoms with Gasteiger partial charge >= 0.3 is 5.97 Å². The molecule has 4 N–H and O–H groups in total. The fraction of sp³-hybridized carbons (Fsp3) is 0.462. The van der Waals surface area contributed by atoms with Gasteiger partial charge < -0.3 is 25.3 Å². The Bertz CT molecular complexity index is 964. The molecule has 0 aliphatic heterocycles. The van der Waals surface area contributed by atoms with E-state index in [4.69, 9.17) is 27.4 Å². The maximum atomic E-state index is 11.6. The monoisotopic (exact) mass is 498 g/mol. The van der Waals surface area contributed by atoms with Crippen molar-refractivity contribution in [3.8, 4) is 0 Å². The standard InChI is InChI=1S/C26H38N6O2S/c1-5-15-32(16-6-2)25(22-8-7-13-28-22)31-24(27)20-9-11-21(12-10-20)30-26(35)29-14-17-34-23(33)18-19(3)4/h7-13,19,27-28H,5-6,14-18H2,1-4H3,(H2,29,30,35)/b27-24?,31-25+. The van der Waals surface area contributed by atoms with E-state index in [0.29, 0.717) is 23.6 Å². The molecule has 35 heavy (non-hydrogen) atoms. The number of hydrogen-bond donors (Lipinski definition) is 4. The van der Waals surface area contributed by atoms with Crippen LogP contribution >= 0.6 is 12.2 Å². The third kappa shape index (κ3) is 9.90. The van der Waals surface area contributed by atoms with Gasteiger partial charge in [-0.3, -0.25) is 10.2 Å². The molecular formula is C26H38N6O2S. The van der Waals surface area contributed by atoms with Crippen molar-refractivity contribution in [2.24, 2.45) is 10.9 Å². The largest absolute Gasteiger partial charge is 0.464 e. The molecule has 1 aromatic carbocycles. The van der Waals surface area contributed by atoms with Gasteiger partial charge in [-0.2, -0.15) is 0 Å². The predicted octanol–water partition coefficient (Wildman–Crippen LogP) is 4.78. The summed E-state index contributed by atoms with van der Waals surface area (Å²) in [6.45, 7) is 10.7. The van der Waals surface area contributed by atoms with Gasteiger partial charge in [0.15, 0.2) is 16.8 Å². The van der Waals surface area contributed by atoms with Crippen molar-refractivity contribution in [3.63, 3.8) is 0 Å². The molecule has 0 aliphatic carbocycles. The second-order valence-corrected chi connectivity index (χ2v) is 9.04. The van der Waals surface area contributed by atoms with Crippen LogP contribution in [0.4, 0.5) is 5.69 Å². The van der Waals surface area contributed by atoms with Gasteiger partial charge in [0.1, 0.15) is 6.61 Å². The smallest absolute Gasteiger partial charge is 0.306 e. The molecule has 190 valence electrons. The highest BCUT2D eigenvalue weighted by atomic mass is 32.1. The van der Waals surface area contributed by atoms with Crippen molar-refractivity contribution in [1.82, 2.24) is 15.2 Å².